The molecule has 0 spiro atoms. The molecule has 0 aliphatic carbocycles. The van der Waals surface area contributed by atoms with Gasteiger partial charge in [0.15, 0.2) is 0 Å². The van der Waals surface area contributed by atoms with Gasteiger partial charge in [0.05, 0.1) is 23.0 Å². The first kappa shape index (κ1) is 16.3. The van der Waals surface area contributed by atoms with Gasteiger partial charge in [-0.3, -0.25) is 9.80 Å². The van der Waals surface area contributed by atoms with Crippen LogP contribution in [-0.4, -0.2) is 13.1 Å². The Balaban J connectivity index is 2.02. The number of hydrogen-bond donors (Lipinski definition) is 0. The Hall–Kier alpha value is -3.58. The summed E-state index contributed by atoms with van der Waals surface area (Å²) in [5.41, 5.74) is 2.83. The average molecular weight is 327 g/mol. The highest BCUT2D eigenvalue weighted by atomic mass is 16.2. The molecule has 0 aromatic heterocycles. The molecule has 3 rings (SSSR count). The molecule has 25 heavy (non-hydrogen) atoms. The Morgan fingerprint density at radius 1 is 0.760 bits per heavy atom. The minimum atomic E-state index is -0.179. The summed E-state index contributed by atoms with van der Waals surface area (Å²) in [6, 6.07) is 27.8. The van der Waals surface area contributed by atoms with Gasteiger partial charge in [-0.2, -0.15) is 5.26 Å². The van der Waals surface area contributed by atoms with Crippen LogP contribution in [0.5, 0.6) is 0 Å². The second kappa shape index (κ2) is 7.33. The molecule has 0 radical (unpaired) electrons. The molecule has 4 nitrogen and oxygen atoms in total. The Morgan fingerprint density at radius 2 is 1.24 bits per heavy atom. The maximum Gasteiger partial charge on any atom is 0.333 e. The van der Waals surface area contributed by atoms with Crippen molar-refractivity contribution in [2.24, 2.45) is 0 Å². The number of nitriles is 1. The number of urea groups is 1. The Bertz CT molecular complexity index is 884. The molecule has 0 atom stereocenters. The van der Waals surface area contributed by atoms with Crippen molar-refractivity contribution in [1.29, 1.82) is 5.26 Å². The topological polar surface area (TPSA) is 47.3 Å². The van der Waals surface area contributed by atoms with E-state index in [2.05, 4.69) is 6.07 Å². The molecule has 3 aromatic rings. The van der Waals surface area contributed by atoms with Crippen molar-refractivity contribution in [3.8, 4) is 6.07 Å². The third-order valence-electron chi connectivity index (χ3n) is 3.89. The lowest BCUT2D eigenvalue weighted by atomic mass is 10.2. The first-order chi connectivity index (χ1) is 12.2. The van der Waals surface area contributed by atoms with Crippen molar-refractivity contribution in [2.45, 2.75) is 0 Å². The summed E-state index contributed by atoms with van der Waals surface area (Å²) in [7, 11) is 1.75. The summed E-state index contributed by atoms with van der Waals surface area (Å²) in [4.78, 5) is 16.4. The molecule has 3 aromatic carbocycles. The summed E-state index contributed by atoms with van der Waals surface area (Å²) in [6.45, 7) is 0. The zero-order chi connectivity index (χ0) is 17.6. The fraction of sp³-hybridized carbons (Fsp3) is 0.0476. The van der Waals surface area contributed by atoms with Crippen molar-refractivity contribution in [1.82, 2.24) is 0 Å². The number of nitrogens with zero attached hydrogens (tertiary/aromatic N) is 3. The van der Waals surface area contributed by atoms with Gasteiger partial charge in [0, 0.05) is 12.7 Å². The van der Waals surface area contributed by atoms with E-state index in [1.54, 1.807) is 41.1 Å². The third-order valence-corrected chi connectivity index (χ3v) is 3.89. The van der Waals surface area contributed by atoms with Gasteiger partial charge in [0.1, 0.15) is 0 Å². The van der Waals surface area contributed by atoms with E-state index < -0.39 is 0 Å². The third kappa shape index (κ3) is 3.51. The highest BCUT2D eigenvalue weighted by Gasteiger charge is 2.22. The Morgan fingerprint density at radius 3 is 1.76 bits per heavy atom. The number of hydrogen-bond acceptors (Lipinski definition) is 2. The monoisotopic (exact) mass is 327 g/mol. The minimum absolute atomic E-state index is 0.179. The molecular weight excluding hydrogens is 310 g/mol. The van der Waals surface area contributed by atoms with Crippen LogP contribution >= 0.6 is 0 Å². The number of carbonyl (C=O) groups excluding carboxylic acids is 1. The van der Waals surface area contributed by atoms with E-state index in [-0.39, 0.29) is 6.03 Å². The van der Waals surface area contributed by atoms with E-state index in [9.17, 15) is 4.79 Å². The van der Waals surface area contributed by atoms with Gasteiger partial charge in [-0.25, -0.2) is 4.79 Å². The molecule has 0 aliphatic rings. The van der Waals surface area contributed by atoms with Gasteiger partial charge >= 0.3 is 6.03 Å². The van der Waals surface area contributed by atoms with Crippen LogP contribution in [0.25, 0.3) is 0 Å². The maximum absolute atomic E-state index is 13.2. The van der Waals surface area contributed by atoms with E-state index in [1.165, 1.54) is 0 Å². The predicted molar refractivity (Wildman–Crippen MR) is 100.0 cm³/mol. The standard InChI is InChI=1S/C21H17N3O/c1-23(18-8-4-2-5-9-18)21(25)24(19-10-6-3-7-11-19)20-14-12-17(16-22)13-15-20/h2-15H,1H3. The summed E-state index contributed by atoms with van der Waals surface area (Å²) >= 11 is 0. The second-order valence-electron chi connectivity index (χ2n) is 5.51. The van der Waals surface area contributed by atoms with Crippen LogP contribution in [0.4, 0.5) is 21.9 Å². The van der Waals surface area contributed by atoms with Crippen LogP contribution in [0, 0.1) is 11.3 Å². The Kier molecular flexibility index (Phi) is 4.77. The molecule has 0 fully saturated rings. The summed E-state index contributed by atoms with van der Waals surface area (Å²) in [6.07, 6.45) is 0. The molecule has 0 unspecified atom stereocenters. The van der Waals surface area contributed by atoms with Crippen LogP contribution < -0.4 is 9.80 Å². The molecular formula is C21H17N3O. The fourth-order valence-corrected chi connectivity index (χ4v) is 2.54. The number of rotatable bonds is 3. The van der Waals surface area contributed by atoms with Gasteiger partial charge in [-0.15, -0.1) is 0 Å². The highest BCUT2D eigenvalue weighted by molar-refractivity contribution is 6.08. The summed E-state index contributed by atoms with van der Waals surface area (Å²) in [5, 5.41) is 8.99. The smallest absolute Gasteiger partial charge is 0.297 e. The molecule has 0 heterocycles. The van der Waals surface area contributed by atoms with Crippen LogP contribution in [0.1, 0.15) is 5.56 Å². The summed E-state index contributed by atoms with van der Waals surface area (Å²) in [5.74, 6) is 0. The molecule has 2 amide bonds. The van der Waals surface area contributed by atoms with Gasteiger partial charge in [0.25, 0.3) is 0 Å². The number of carbonyl (C=O) groups is 1. The molecule has 0 saturated heterocycles. The van der Waals surface area contributed by atoms with E-state index in [4.69, 9.17) is 5.26 Å². The second-order valence-corrected chi connectivity index (χ2v) is 5.51. The first-order valence-electron chi connectivity index (χ1n) is 7.89. The fourth-order valence-electron chi connectivity index (χ4n) is 2.54. The molecule has 122 valence electrons. The molecule has 4 heteroatoms. The van der Waals surface area contributed by atoms with Crippen molar-refractivity contribution < 1.29 is 4.79 Å². The van der Waals surface area contributed by atoms with Crippen molar-refractivity contribution in [2.75, 3.05) is 16.8 Å². The quantitative estimate of drug-likeness (QED) is 0.683. The van der Waals surface area contributed by atoms with E-state index in [0.717, 1.165) is 11.4 Å². The largest absolute Gasteiger partial charge is 0.333 e. The number of anilines is 3. The van der Waals surface area contributed by atoms with Gasteiger partial charge in [0.2, 0.25) is 0 Å². The zero-order valence-corrected chi connectivity index (χ0v) is 13.8. The lowest BCUT2D eigenvalue weighted by Crippen LogP contribution is -2.38. The van der Waals surface area contributed by atoms with Crippen molar-refractivity contribution in [3.63, 3.8) is 0 Å². The van der Waals surface area contributed by atoms with Gasteiger partial charge in [-0.05, 0) is 48.5 Å². The average Bonchev–Trinajstić information content (AvgIpc) is 2.69. The highest BCUT2D eigenvalue weighted by Crippen LogP contribution is 2.28. The zero-order valence-electron chi connectivity index (χ0n) is 13.8. The first-order valence-corrected chi connectivity index (χ1v) is 7.89. The lowest BCUT2D eigenvalue weighted by Gasteiger charge is -2.28. The van der Waals surface area contributed by atoms with E-state index in [0.29, 0.717) is 11.3 Å². The molecule has 0 aliphatic heterocycles. The van der Waals surface area contributed by atoms with Crippen LogP contribution in [0.3, 0.4) is 0 Å². The van der Waals surface area contributed by atoms with E-state index in [1.807, 2.05) is 60.7 Å². The lowest BCUT2D eigenvalue weighted by molar-refractivity contribution is 0.254. The minimum Gasteiger partial charge on any atom is -0.297 e. The molecule has 0 N–H and O–H groups in total. The van der Waals surface area contributed by atoms with Crippen LogP contribution in [-0.2, 0) is 0 Å². The predicted octanol–water partition coefficient (Wildman–Crippen LogP) is 4.95. The SMILES string of the molecule is CN(C(=O)N(c1ccccc1)c1ccc(C#N)cc1)c1ccccc1. The Labute approximate surface area is 147 Å². The molecule has 0 saturated carbocycles. The van der Waals surface area contributed by atoms with Crippen molar-refractivity contribution in [3.05, 3.63) is 90.5 Å². The van der Waals surface area contributed by atoms with Crippen molar-refractivity contribution >= 4 is 23.1 Å². The number of amides is 2. The number of benzene rings is 3. The van der Waals surface area contributed by atoms with Crippen LogP contribution in [0.2, 0.25) is 0 Å². The van der Waals surface area contributed by atoms with Gasteiger partial charge < -0.3 is 0 Å². The van der Waals surface area contributed by atoms with Crippen LogP contribution in [0.15, 0.2) is 84.9 Å². The number of para-hydroxylation sites is 2. The maximum atomic E-state index is 13.2. The van der Waals surface area contributed by atoms with E-state index >= 15 is 0 Å². The molecule has 0 bridgehead atoms. The normalized spacial score (nSPS) is 9.92. The van der Waals surface area contributed by atoms with Gasteiger partial charge in [-0.1, -0.05) is 36.4 Å². The summed E-state index contributed by atoms with van der Waals surface area (Å²) < 4.78 is 0.